The van der Waals surface area contributed by atoms with E-state index in [0.29, 0.717) is 30.3 Å². The van der Waals surface area contributed by atoms with Crippen LogP contribution in [0.5, 0.6) is 0 Å². The standard InChI is InChI=1S/C12H22N2OS/c1-9-5-10(2)14(7-9)12(15)6-11-8-16-4-3-13-11/h9-11,13H,3-8H2,1-2H3. The van der Waals surface area contributed by atoms with Gasteiger partial charge >= 0.3 is 0 Å². The van der Waals surface area contributed by atoms with Crippen molar-refractivity contribution in [3.63, 3.8) is 0 Å². The van der Waals surface area contributed by atoms with E-state index in [9.17, 15) is 4.79 Å². The number of rotatable bonds is 2. The molecule has 2 saturated heterocycles. The van der Waals surface area contributed by atoms with Crippen LogP contribution in [-0.2, 0) is 4.79 Å². The van der Waals surface area contributed by atoms with Crippen molar-refractivity contribution in [2.24, 2.45) is 5.92 Å². The predicted octanol–water partition coefficient (Wildman–Crippen LogP) is 1.34. The lowest BCUT2D eigenvalue weighted by atomic mass is 10.1. The summed E-state index contributed by atoms with van der Waals surface area (Å²) in [7, 11) is 0. The fraction of sp³-hybridized carbons (Fsp3) is 0.917. The third-order valence-electron chi connectivity index (χ3n) is 3.52. The highest BCUT2D eigenvalue weighted by molar-refractivity contribution is 7.99. The summed E-state index contributed by atoms with van der Waals surface area (Å²) in [5.41, 5.74) is 0. The van der Waals surface area contributed by atoms with Gasteiger partial charge in [0.1, 0.15) is 0 Å². The highest BCUT2D eigenvalue weighted by Crippen LogP contribution is 2.23. The molecule has 0 bridgehead atoms. The molecule has 0 aromatic rings. The van der Waals surface area contributed by atoms with Gasteiger partial charge in [0.15, 0.2) is 0 Å². The fourth-order valence-corrected chi connectivity index (χ4v) is 3.68. The molecule has 3 unspecified atom stereocenters. The van der Waals surface area contributed by atoms with Crippen LogP contribution in [0.4, 0.5) is 0 Å². The van der Waals surface area contributed by atoms with Crippen molar-refractivity contribution in [1.82, 2.24) is 10.2 Å². The molecule has 0 saturated carbocycles. The number of carbonyl (C=O) groups is 1. The molecule has 0 aromatic heterocycles. The molecule has 2 aliphatic rings. The minimum Gasteiger partial charge on any atom is -0.340 e. The number of amides is 1. The number of nitrogens with zero attached hydrogens (tertiary/aromatic N) is 1. The first-order valence-corrected chi connectivity index (χ1v) is 7.43. The molecule has 16 heavy (non-hydrogen) atoms. The van der Waals surface area contributed by atoms with E-state index < -0.39 is 0 Å². The molecule has 0 aromatic carbocycles. The lowest BCUT2D eigenvalue weighted by molar-refractivity contribution is -0.132. The van der Waals surface area contributed by atoms with Crippen LogP contribution in [0.25, 0.3) is 0 Å². The van der Waals surface area contributed by atoms with Crippen molar-refractivity contribution < 1.29 is 4.79 Å². The van der Waals surface area contributed by atoms with Crippen molar-refractivity contribution in [3.05, 3.63) is 0 Å². The highest BCUT2D eigenvalue weighted by Gasteiger charge is 2.31. The topological polar surface area (TPSA) is 32.3 Å². The summed E-state index contributed by atoms with van der Waals surface area (Å²) in [6.07, 6.45) is 1.85. The Balaban J connectivity index is 1.82. The van der Waals surface area contributed by atoms with Gasteiger partial charge in [0.05, 0.1) is 0 Å². The van der Waals surface area contributed by atoms with Gasteiger partial charge < -0.3 is 10.2 Å². The van der Waals surface area contributed by atoms with Crippen molar-refractivity contribution in [2.75, 3.05) is 24.6 Å². The summed E-state index contributed by atoms with van der Waals surface area (Å²) in [6, 6.07) is 0.841. The van der Waals surface area contributed by atoms with Crippen molar-refractivity contribution in [3.8, 4) is 0 Å². The normalized spacial score (nSPS) is 35.4. The molecule has 1 amide bonds. The zero-order valence-corrected chi connectivity index (χ0v) is 11.1. The quantitative estimate of drug-likeness (QED) is 0.793. The smallest absolute Gasteiger partial charge is 0.224 e. The van der Waals surface area contributed by atoms with E-state index in [-0.39, 0.29) is 0 Å². The van der Waals surface area contributed by atoms with Crippen LogP contribution >= 0.6 is 11.8 Å². The molecule has 0 spiro atoms. The van der Waals surface area contributed by atoms with Crippen LogP contribution in [0.2, 0.25) is 0 Å². The van der Waals surface area contributed by atoms with Crippen molar-refractivity contribution >= 4 is 17.7 Å². The van der Waals surface area contributed by atoms with Gasteiger partial charge in [-0.1, -0.05) is 6.92 Å². The number of hydrogen-bond acceptors (Lipinski definition) is 3. The molecule has 2 aliphatic heterocycles. The van der Waals surface area contributed by atoms with Crippen LogP contribution in [0, 0.1) is 5.92 Å². The number of thioether (sulfide) groups is 1. The maximum absolute atomic E-state index is 12.1. The molecule has 2 rings (SSSR count). The third-order valence-corrected chi connectivity index (χ3v) is 4.65. The monoisotopic (exact) mass is 242 g/mol. The lowest BCUT2D eigenvalue weighted by Gasteiger charge is -2.27. The third kappa shape index (κ3) is 2.92. The molecule has 2 fully saturated rings. The second-order valence-electron chi connectivity index (χ2n) is 5.17. The molecule has 3 nitrogen and oxygen atoms in total. The molecule has 0 radical (unpaired) electrons. The Hall–Kier alpha value is -0.220. The minimum absolute atomic E-state index is 0.344. The average molecular weight is 242 g/mol. The Morgan fingerprint density at radius 3 is 2.88 bits per heavy atom. The van der Waals surface area contributed by atoms with Crippen LogP contribution in [0.3, 0.4) is 0 Å². The van der Waals surface area contributed by atoms with Gasteiger partial charge in [0.25, 0.3) is 0 Å². The van der Waals surface area contributed by atoms with E-state index >= 15 is 0 Å². The van der Waals surface area contributed by atoms with Gasteiger partial charge in [-0.05, 0) is 19.3 Å². The van der Waals surface area contributed by atoms with Crippen molar-refractivity contribution in [1.29, 1.82) is 0 Å². The molecule has 0 aliphatic carbocycles. The summed E-state index contributed by atoms with van der Waals surface area (Å²) in [6.45, 7) is 6.41. The van der Waals surface area contributed by atoms with Crippen LogP contribution in [0.1, 0.15) is 26.7 Å². The van der Waals surface area contributed by atoms with Gasteiger partial charge in [-0.25, -0.2) is 0 Å². The first kappa shape index (κ1) is 12.2. The Labute approximate surface area is 102 Å². The van der Waals surface area contributed by atoms with Gasteiger partial charge in [-0.3, -0.25) is 4.79 Å². The second kappa shape index (κ2) is 5.41. The maximum Gasteiger partial charge on any atom is 0.224 e. The van der Waals surface area contributed by atoms with Gasteiger partial charge in [-0.15, -0.1) is 0 Å². The molecule has 3 atom stereocenters. The van der Waals surface area contributed by atoms with Gasteiger partial charge in [0, 0.05) is 43.1 Å². The largest absolute Gasteiger partial charge is 0.340 e. The summed E-state index contributed by atoms with van der Waals surface area (Å²) >= 11 is 1.96. The number of hydrogen-bond donors (Lipinski definition) is 1. The molecule has 1 N–H and O–H groups in total. The Morgan fingerprint density at radius 2 is 2.31 bits per heavy atom. The SMILES string of the molecule is CC1CC(C)N(C(=O)CC2CSCCN2)C1. The first-order valence-electron chi connectivity index (χ1n) is 6.27. The molecule has 92 valence electrons. The second-order valence-corrected chi connectivity index (χ2v) is 6.32. The summed E-state index contributed by atoms with van der Waals surface area (Å²) < 4.78 is 0. The summed E-state index contributed by atoms with van der Waals surface area (Å²) in [5, 5.41) is 3.43. The Morgan fingerprint density at radius 1 is 1.50 bits per heavy atom. The van der Waals surface area contributed by atoms with Gasteiger partial charge in [0.2, 0.25) is 5.91 Å². The van der Waals surface area contributed by atoms with E-state index in [2.05, 4.69) is 24.1 Å². The number of nitrogens with one attached hydrogen (secondary N) is 1. The molecular formula is C12H22N2OS. The predicted molar refractivity (Wildman–Crippen MR) is 68.7 cm³/mol. The highest BCUT2D eigenvalue weighted by atomic mass is 32.2. The van der Waals surface area contributed by atoms with E-state index in [1.807, 2.05) is 11.8 Å². The van der Waals surface area contributed by atoms with E-state index in [0.717, 1.165) is 18.8 Å². The summed E-state index contributed by atoms with van der Waals surface area (Å²) in [4.78, 5) is 14.2. The molecular weight excluding hydrogens is 220 g/mol. The zero-order chi connectivity index (χ0) is 11.5. The van der Waals surface area contributed by atoms with E-state index in [4.69, 9.17) is 0 Å². The molecule has 4 heteroatoms. The fourth-order valence-electron chi connectivity index (χ4n) is 2.73. The van der Waals surface area contributed by atoms with E-state index in [1.54, 1.807) is 0 Å². The van der Waals surface area contributed by atoms with Crippen molar-refractivity contribution in [2.45, 2.75) is 38.8 Å². The minimum atomic E-state index is 0.344. The van der Waals surface area contributed by atoms with Gasteiger partial charge in [-0.2, -0.15) is 11.8 Å². The Bertz CT molecular complexity index is 253. The molecule has 2 heterocycles. The van der Waals surface area contributed by atoms with Crippen LogP contribution < -0.4 is 5.32 Å². The Kier molecular flexibility index (Phi) is 4.14. The average Bonchev–Trinajstić information content (AvgIpc) is 2.59. The number of likely N-dealkylation sites (tertiary alicyclic amines) is 1. The maximum atomic E-state index is 12.1. The zero-order valence-electron chi connectivity index (χ0n) is 10.2. The van der Waals surface area contributed by atoms with Crippen LogP contribution in [0.15, 0.2) is 0 Å². The summed E-state index contributed by atoms with van der Waals surface area (Å²) in [5.74, 6) is 3.29. The van der Waals surface area contributed by atoms with E-state index in [1.165, 1.54) is 12.2 Å². The number of carbonyl (C=O) groups excluding carboxylic acids is 1. The lowest BCUT2D eigenvalue weighted by Crippen LogP contribution is -2.43. The first-order chi connectivity index (χ1) is 7.66. The van der Waals surface area contributed by atoms with Crippen LogP contribution in [-0.4, -0.2) is 47.5 Å².